The standard InChI is InChI=1S/C14H18N4O2/c1-9-6-10(2)18(16-9)8-11-4-5-13(20-3)12(7-11)14(15)17-19/h4-7,19H,8H2,1-3H3,(H2,15,17). The van der Waals surface area contributed by atoms with Gasteiger partial charge in [-0.05, 0) is 37.6 Å². The molecule has 0 bridgehead atoms. The molecule has 20 heavy (non-hydrogen) atoms. The van der Waals surface area contributed by atoms with Crippen LogP contribution in [0.5, 0.6) is 5.75 Å². The van der Waals surface area contributed by atoms with Crippen LogP contribution in [-0.2, 0) is 6.54 Å². The molecule has 2 aromatic rings. The second-order valence-corrected chi connectivity index (χ2v) is 4.60. The summed E-state index contributed by atoms with van der Waals surface area (Å²) in [6.07, 6.45) is 0. The van der Waals surface area contributed by atoms with E-state index in [0.717, 1.165) is 17.0 Å². The van der Waals surface area contributed by atoms with E-state index >= 15 is 0 Å². The van der Waals surface area contributed by atoms with Gasteiger partial charge in [0, 0.05) is 5.69 Å². The molecule has 0 aliphatic heterocycles. The maximum absolute atomic E-state index is 8.83. The molecule has 1 heterocycles. The number of nitrogens with zero attached hydrogens (tertiary/aromatic N) is 3. The van der Waals surface area contributed by atoms with Gasteiger partial charge in [0.2, 0.25) is 0 Å². The van der Waals surface area contributed by atoms with Crippen molar-refractivity contribution in [3.63, 3.8) is 0 Å². The van der Waals surface area contributed by atoms with Crippen molar-refractivity contribution < 1.29 is 9.94 Å². The van der Waals surface area contributed by atoms with Crippen LogP contribution in [0.25, 0.3) is 0 Å². The van der Waals surface area contributed by atoms with Crippen LogP contribution in [0.3, 0.4) is 0 Å². The van der Waals surface area contributed by atoms with Crippen LogP contribution in [0.4, 0.5) is 0 Å². The van der Waals surface area contributed by atoms with Gasteiger partial charge < -0.3 is 15.7 Å². The van der Waals surface area contributed by atoms with Crippen molar-refractivity contribution in [2.24, 2.45) is 10.9 Å². The number of aryl methyl sites for hydroxylation is 2. The third-order valence-corrected chi connectivity index (χ3v) is 3.08. The average Bonchev–Trinajstić information content (AvgIpc) is 2.76. The largest absolute Gasteiger partial charge is 0.496 e. The number of benzene rings is 1. The fourth-order valence-electron chi connectivity index (χ4n) is 2.12. The van der Waals surface area contributed by atoms with E-state index < -0.39 is 0 Å². The molecule has 1 aromatic carbocycles. The van der Waals surface area contributed by atoms with Crippen LogP contribution in [0, 0.1) is 13.8 Å². The van der Waals surface area contributed by atoms with E-state index in [0.29, 0.717) is 17.9 Å². The van der Waals surface area contributed by atoms with Gasteiger partial charge in [0.1, 0.15) is 5.75 Å². The lowest BCUT2D eigenvalue weighted by atomic mass is 10.1. The molecule has 0 atom stereocenters. The Morgan fingerprint density at radius 1 is 1.40 bits per heavy atom. The molecule has 2 rings (SSSR count). The zero-order valence-electron chi connectivity index (χ0n) is 11.8. The molecular weight excluding hydrogens is 256 g/mol. The summed E-state index contributed by atoms with van der Waals surface area (Å²) >= 11 is 0. The minimum atomic E-state index is 0.0251. The SMILES string of the molecule is COc1ccc(Cn2nc(C)cc2C)cc1C(N)=NO. The Bertz CT molecular complexity index is 647. The Kier molecular flexibility index (Phi) is 3.93. The summed E-state index contributed by atoms with van der Waals surface area (Å²) in [6.45, 7) is 4.59. The van der Waals surface area contributed by atoms with E-state index in [1.54, 1.807) is 13.2 Å². The van der Waals surface area contributed by atoms with Crippen molar-refractivity contribution in [3.8, 4) is 5.75 Å². The van der Waals surface area contributed by atoms with Crippen LogP contribution >= 0.6 is 0 Å². The van der Waals surface area contributed by atoms with Crippen LogP contribution in [0.1, 0.15) is 22.5 Å². The Morgan fingerprint density at radius 3 is 2.70 bits per heavy atom. The fourth-order valence-corrected chi connectivity index (χ4v) is 2.12. The van der Waals surface area contributed by atoms with Crippen molar-refractivity contribution in [1.82, 2.24) is 9.78 Å². The number of nitrogens with two attached hydrogens (primary N) is 1. The van der Waals surface area contributed by atoms with Crippen molar-refractivity contribution in [2.45, 2.75) is 20.4 Å². The van der Waals surface area contributed by atoms with Gasteiger partial charge in [-0.3, -0.25) is 4.68 Å². The first-order valence-electron chi connectivity index (χ1n) is 6.21. The molecule has 0 amide bonds. The van der Waals surface area contributed by atoms with Crippen molar-refractivity contribution in [2.75, 3.05) is 7.11 Å². The topological polar surface area (TPSA) is 85.7 Å². The summed E-state index contributed by atoms with van der Waals surface area (Å²) in [5, 5.41) is 16.3. The number of ether oxygens (including phenoxy) is 1. The smallest absolute Gasteiger partial charge is 0.173 e. The van der Waals surface area contributed by atoms with Crippen LogP contribution in [0.2, 0.25) is 0 Å². The highest BCUT2D eigenvalue weighted by Crippen LogP contribution is 2.20. The van der Waals surface area contributed by atoms with E-state index in [-0.39, 0.29) is 5.84 Å². The molecule has 0 radical (unpaired) electrons. The number of methoxy groups -OCH3 is 1. The van der Waals surface area contributed by atoms with Gasteiger partial charge >= 0.3 is 0 Å². The first-order valence-corrected chi connectivity index (χ1v) is 6.21. The fraction of sp³-hybridized carbons (Fsp3) is 0.286. The Labute approximate surface area is 117 Å². The molecule has 6 heteroatoms. The van der Waals surface area contributed by atoms with E-state index in [1.807, 2.05) is 36.7 Å². The highest BCUT2D eigenvalue weighted by molar-refractivity contribution is 5.99. The second kappa shape index (κ2) is 5.64. The molecule has 0 aliphatic rings. The van der Waals surface area contributed by atoms with Gasteiger partial charge in [-0.25, -0.2) is 0 Å². The molecule has 106 valence electrons. The predicted molar refractivity (Wildman–Crippen MR) is 76.3 cm³/mol. The summed E-state index contributed by atoms with van der Waals surface area (Å²) in [6, 6.07) is 7.59. The third kappa shape index (κ3) is 2.74. The van der Waals surface area contributed by atoms with Gasteiger partial charge in [-0.2, -0.15) is 5.10 Å². The molecule has 1 aromatic heterocycles. The van der Waals surface area contributed by atoms with Gasteiger partial charge in [0.05, 0.1) is 24.9 Å². The predicted octanol–water partition coefficient (Wildman–Crippen LogP) is 1.65. The monoisotopic (exact) mass is 274 g/mol. The van der Waals surface area contributed by atoms with Gasteiger partial charge in [-0.1, -0.05) is 11.2 Å². The zero-order valence-corrected chi connectivity index (χ0v) is 11.8. The highest BCUT2D eigenvalue weighted by Gasteiger charge is 2.10. The van der Waals surface area contributed by atoms with Crippen LogP contribution in [-0.4, -0.2) is 27.9 Å². The zero-order chi connectivity index (χ0) is 14.7. The lowest BCUT2D eigenvalue weighted by Gasteiger charge is -2.10. The average molecular weight is 274 g/mol. The Morgan fingerprint density at radius 2 is 2.15 bits per heavy atom. The first kappa shape index (κ1) is 13.9. The minimum Gasteiger partial charge on any atom is -0.496 e. The van der Waals surface area contributed by atoms with E-state index in [9.17, 15) is 0 Å². The van der Waals surface area contributed by atoms with Crippen molar-refractivity contribution >= 4 is 5.84 Å². The molecule has 0 saturated carbocycles. The van der Waals surface area contributed by atoms with Gasteiger partial charge in [0.15, 0.2) is 5.84 Å². The summed E-state index contributed by atoms with van der Waals surface area (Å²) < 4.78 is 7.12. The summed E-state index contributed by atoms with van der Waals surface area (Å²) in [7, 11) is 1.55. The normalized spacial score (nSPS) is 11.7. The van der Waals surface area contributed by atoms with Crippen molar-refractivity contribution in [1.29, 1.82) is 0 Å². The number of rotatable bonds is 4. The molecule has 6 nitrogen and oxygen atoms in total. The lowest BCUT2D eigenvalue weighted by molar-refractivity contribution is 0.318. The van der Waals surface area contributed by atoms with Crippen molar-refractivity contribution in [3.05, 3.63) is 46.8 Å². The molecular formula is C14H18N4O2. The summed E-state index contributed by atoms with van der Waals surface area (Å²) in [5.41, 5.74) is 9.29. The lowest BCUT2D eigenvalue weighted by Crippen LogP contribution is -2.15. The molecule has 0 spiro atoms. The Balaban J connectivity index is 2.36. The van der Waals surface area contributed by atoms with Gasteiger partial charge in [0.25, 0.3) is 0 Å². The Hall–Kier alpha value is -2.50. The molecule has 0 fully saturated rings. The number of amidine groups is 1. The van der Waals surface area contributed by atoms with Gasteiger partial charge in [-0.15, -0.1) is 0 Å². The van der Waals surface area contributed by atoms with E-state index in [1.165, 1.54) is 0 Å². The maximum Gasteiger partial charge on any atom is 0.173 e. The highest BCUT2D eigenvalue weighted by atomic mass is 16.5. The van der Waals surface area contributed by atoms with E-state index in [2.05, 4.69) is 10.3 Å². The molecule has 0 unspecified atom stereocenters. The third-order valence-electron chi connectivity index (χ3n) is 3.08. The second-order valence-electron chi connectivity index (χ2n) is 4.60. The van der Waals surface area contributed by atoms with Crippen LogP contribution in [0.15, 0.2) is 29.4 Å². The maximum atomic E-state index is 8.83. The quantitative estimate of drug-likeness (QED) is 0.384. The first-order chi connectivity index (χ1) is 9.55. The molecule has 3 N–H and O–H groups in total. The minimum absolute atomic E-state index is 0.0251. The number of oxime groups is 1. The number of aromatic nitrogens is 2. The van der Waals surface area contributed by atoms with E-state index in [4.69, 9.17) is 15.7 Å². The van der Waals surface area contributed by atoms with Crippen LogP contribution < -0.4 is 10.5 Å². The number of hydrogen-bond acceptors (Lipinski definition) is 4. The molecule has 0 saturated heterocycles. The summed E-state index contributed by atoms with van der Waals surface area (Å²) in [4.78, 5) is 0. The summed E-state index contributed by atoms with van der Waals surface area (Å²) in [5.74, 6) is 0.592. The molecule has 0 aliphatic carbocycles. The number of hydrogen-bond donors (Lipinski definition) is 2.